The van der Waals surface area contributed by atoms with Crippen molar-refractivity contribution >= 4 is 34.4 Å². The van der Waals surface area contributed by atoms with E-state index in [4.69, 9.17) is 21.8 Å². The number of nitrogens with two attached hydrogens (primary N) is 1. The fourth-order valence-corrected chi connectivity index (χ4v) is 2.99. The Kier molecular flexibility index (Phi) is 4.09. The number of carbonyl (C=O) groups excluding carboxylic acids is 2. The summed E-state index contributed by atoms with van der Waals surface area (Å²) in [5, 5.41) is 1.06. The molecule has 1 aliphatic rings. The summed E-state index contributed by atoms with van der Waals surface area (Å²) < 4.78 is 5.18. The SMILES string of the molecule is NC(=O)C1CCCN(C(=O)c2cc3cc(Cl)ccc3oc2=O)C1. The van der Waals surface area contributed by atoms with Gasteiger partial charge in [0.1, 0.15) is 11.1 Å². The average Bonchev–Trinajstić information content (AvgIpc) is 2.54. The molecule has 0 spiro atoms. The minimum atomic E-state index is -0.703. The lowest BCUT2D eigenvalue weighted by Gasteiger charge is -2.30. The Balaban J connectivity index is 1.95. The third-order valence-corrected chi connectivity index (χ3v) is 4.27. The molecule has 0 bridgehead atoms. The van der Waals surface area contributed by atoms with Crippen molar-refractivity contribution in [2.45, 2.75) is 12.8 Å². The third kappa shape index (κ3) is 3.07. The van der Waals surface area contributed by atoms with Gasteiger partial charge in [0.05, 0.1) is 5.92 Å². The van der Waals surface area contributed by atoms with E-state index < -0.39 is 17.4 Å². The lowest BCUT2D eigenvalue weighted by atomic mass is 9.97. The second-order valence-electron chi connectivity index (χ2n) is 5.62. The Bertz CT molecular complexity index is 846. The van der Waals surface area contributed by atoms with Crippen LogP contribution in [0.15, 0.2) is 33.5 Å². The highest BCUT2D eigenvalue weighted by Crippen LogP contribution is 2.21. The monoisotopic (exact) mass is 334 g/mol. The molecule has 0 saturated carbocycles. The first-order valence-electron chi connectivity index (χ1n) is 7.27. The van der Waals surface area contributed by atoms with E-state index in [9.17, 15) is 14.4 Å². The molecular formula is C16H15ClN2O4. The van der Waals surface area contributed by atoms with Gasteiger partial charge in [-0.15, -0.1) is 0 Å². The molecule has 23 heavy (non-hydrogen) atoms. The van der Waals surface area contributed by atoms with E-state index in [1.165, 1.54) is 11.0 Å². The molecule has 2 aromatic rings. The van der Waals surface area contributed by atoms with Crippen LogP contribution in [0.3, 0.4) is 0 Å². The van der Waals surface area contributed by atoms with E-state index >= 15 is 0 Å². The second-order valence-corrected chi connectivity index (χ2v) is 6.06. The lowest BCUT2D eigenvalue weighted by molar-refractivity contribution is -0.123. The zero-order valence-corrected chi connectivity index (χ0v) is 13.0. The van der Waals surface area contributed by atoms with Gasteiger partial charge in [0.25, 0.3) is 5.91 Å². The Morgan fingerprint density at radius 1 is 1.30 bits per heavy atom. The number of rotatable bonds is 2. The summed E-state index contributed by atoms with van der Waals surface area (Å²) in [6.07, 6.45) is 1.32. The Morgan fingerprint density at radius 3 is 2.83 bits per heavy atom. The molecule has 1 aromatic heterocycles. The van der Waals surface area contributed by atoms with Gasteiger partial charge in [-0.25, -0.2) is 4.79 Å². The van der Waals surface area contributed by atoms with Gasteiger partial charge in [-0.2, -0.15) is 0 Å². The first-order valence-corrected chi connectivity index (χ1v) is 7.65. The van der Waals surface area contributed by atoms with Crippen molar-refractivity contribution < 1.29 is 14.0 Å². The number of hydrogen-bond donors (Lipinski definition) is 1. The number of halogens is 1. The number of hydrogen-bond acceptors (Lipinski definition) is 4. The summed E-state index contributed by atoms with van der Waals surface area (Å²) in [5.41, 5.74) is 4.92. The summed E-state index contributed by atoms with van der Waals surface area (Å²) in [4.78, 5) is 37.5. The molecular weight excluding hydrogens is 320 g/mol. The number of piperidine rings is 1. The fraction of sp³-hybridized carbons (Fsp3) is 0.312. The van der Waals surface area contributed by atoms with Crippen LogP contribution in [0.4, 0.5) is 0 Å². The zero-order chi connectivity index (χ0) is 16.6. The number of benzene rings is 1. The van der Waals surface area contributed by atoms with E-state index in [-0.39, 0.29) is 18.0 Å². The van der Waals surface area contributed by atoms with Crippen molar-refractivity contribution in [1.29, 1.82) is 0 Å². The van der Waals surface area contributed by atoms with Crippen molar-refractivity contribution in [2.24, 2.45) is 11.7 Å². The van der Waals surface area contributed by atoms with Gasteiger partial charge in [0.2, 0.25) is 5.91 Å². The maximum Gasteiger partial charge on any atom is 0.349 e. The van der Waals surface area contributed by atoms with E-state index in [0.717, 1.165) is 0 Å². The Morgan fingerprint density at radius 2 is 2.09 bits per heavy atom. The van der Waals surface area contributed by atoms with Crippen LogP contribution in [0, 0.1) is 5.92 Å². The van der Waals surface area contributed by atoms with Crippen LogP contribution >= 0.6 is 11.6 Å². The highest BCUT2D eigenvalue weighted by Gasteiger charge is 2.29. The van der Waals surface area contributed by atoms with Crippen LogP contribution in [-0.2, 0) is 4.79 Å². The van der Waals surface area contributed by atoms with Crippen molar-refractivity contribution in [1.82, 2.24) is 4.90 Å². The average molecular weight is 335 g/mol. The number of primary amides is 1. The molecule has 2 N–H and O–H groups in total. The molecule has 0 radical (unpaired) electrons. The van der Waals surface area contributed by atoms with Crippen LogP contribution in [0.1, 0.15) is 23.2 Å². The normalized spacial score (nSPS) is 18.1. The van der Waals surface area contributed by atoms with Crippen LogP contribution in [0.25, 0.3) is 11.0 Å². The number of likely N-dealkylation sites (tertiary alicyclic amines) is 1. The molecule has 1 saturated heterocycles. The van der Waals surface area contributed by atoms with Gasteiger partial charge in [0, 0.05) is 23.5 Å². The quantitative estimate of drug-likeness (QED) is 0.847. The predicted octanol–water partition coefficient (Wildman–Crippen LogP) is 1.78. The smallest absolute Gasteiger partial charge is 0.349 e. The first-order chi connectivity index (χ1) is 11.0. The van der Waals surface area contributed by atoms with Crippen LogP contribution in [0.2, 0.25) is 5.02 Å². The summed E-state index contributed by atoms with van der Waals surface area (Å²) in [5.74, 6) is -1.26. The minimum Gasteiger partial charge on any atom is -0.422 e. The Hall–Kier alpha value is -2.34. The number of fused-ring (bicyclic) bond motifs is 1. The first kappa shape index (κ1) is 15.6. The standard InChI is InChI=1S/C16H15ClN2O4/c17-11-3-4-13-10(6-11)7-12(16(22)23-13)15(21)19-5-1-2-9(8-19)14(18)20/h3-4,6-7,9H,1-2,5,8H2,(H2,18,20). The van der Waals surface area contributed by atoms with Crippen molar-refractivity contribution in [3.05, 3.63) is 45.3 Å². The van der Waals surface area contributed by atoms with Gasteiger partial charge >= 0.3 is 5.63 Å². The summed E-state index contributed by atoms with van der Waals surface area (Å²) in [6, 6.07) is 6.29. The molecule has 2 amide bonds. The van der Waals surface area contributed by atoms with Crippen molar-refractivity contribution in [3.63, 3.8) is 0 Å². The van der Waals surface area contributed by atoms with E-state index in [2.05, 4.69) is 0 Å². The highest BCUT2D eigenvalue weighted by molar-refractivity contribution is 6.31. The fourth-order valence-electron chi connectivity index (χ4n) is 2.81. The van der Waals surface area contributed by atoms with E-state index in [1.54, 1.807) is 18.2 Å². The van der Waals surface area contributed by atoms with Crippen molar-refractivity contribution in [3.8, 4) is 0 Å². The largest absolute Gasteiger partial charge is 0.422 e. The molecule has 1 atom stereocenters. The summed E-state index contributed by atoms with van der Waals surface area (Å²) >= 11 is 5.93. The Labute approximate surface area is 136 Å². The molecule has 1 fully saturated rings. The predicted molar refractivity (Wildman–Crippen MR) is 85.3 cm³/mol. The maximum absolute atomic E-state index is 12.6. The molecule has 1 unspecified atom stereocenters. The summed E-state index contributed by atoms with van der Waals surface area (Å²) in [6.45, 7) is 0.705. The van der Waals surface area contributed by atoms with Crippen LogP contribution < -0.4 is 11.4 Å². The lowest BCUT2D eigenvalue weighted by Crippen LogP contribution is -2.45. The number of carbonyl (C=O) groups is 2. The van der Waals surface area contributed by atoms with Crippen LogP contribution in [-0.4, -0.2) is 29.8 Å². The molecule has 0 aliphatic carbocycles. The van der Waals surface area contributed by atoms with Gasteiger partial charge in [-0.1, -0.05) is 11.6 Å². The maximum atomic E-state index is 12.6. The molecule has 2 heterocycles. The zero-order valence-electron chi connectivity index (χ0n) is 12.3. The summed E-state index contributed by atoms with van der Waals surface area (Å²) in [7, 11) is 0. The van der Waals surface area contributed by atoms with Gasteiger partial charge < -0.3 is 15.1 Å². The molecule has 3 rings (SSSR count). The minimum absolute atomic E-state index is 0.0649. The van der Waals surface area contributed by atoms with E-state index in [1.807, 2.05) is 0 Å². The second kappa shape index (κ2) is 6.04. The number of amides is 2. The highest BCUT2D eigenvalue weighted by atomic mass is 35.5. The molecule has 1 aromatic carbocycles. The van der Waals surface area contributed by atoms with Crippen molar-refractivity contribution in [2.75, 3.05) is 13.1 Å². The molecule has 7 heteroatoms. The van der Waals surface area contributed by atoms with Gasteiger partial charge in [0.15, 0.2) is 0 Å². The third-order valence-electron chi connectivity index (χ3n) is 4.04. The van der Waals surface area contributed by atoms with E-state index in [0.29, 0.717) is 35.4 Å². The topological polar surface area (TPSA) is 93.6 Å². The molecule has 1 aliphatic heterocycles. The molecule has 120 valence electrons. The van der Waals surface area contributed by atoms with Crippen LogP contribution in [0.5, 0.6) is 0 Å². The number of nitrogens with zero attached hydrogens (tertiary/aromatic N) is 1. The molecule has 6 nitrogen and oxygen atoms in total. The van der Waals surface area contributed by atoms with Gasteiger partial charge in [-0.3, -0.25) is 9.59 Å². The van der Waals surface area contributed by atoms with Gasteiger partial charge in [-0.05, 0) is 37.1 Å².